The second-order valence-corrected chi connectivity index (χ2v) is 6.86. The second-order valence-electron chi connectivity index (χ2n) is 6.42. The van der Waals surface area contributed by atoms with Crippen LogP contribution in [-0.4, -0.2) is 35.6 Å². The van der Waals surface area contributed by atoms with E-state index in [4.69, 9.17) is 11.6 Å². The van der Waals surface area contributed by atoms with Crippen LogP contribution >= 0.6 is 11.6 Å². The lowest BCUT2D eigenvalue weighted by atomic mass is 10.0. The summed E-state index contributed by atoms with van der Waals surface area (Å²) in [5, 5.41) is 13.7. The van der Waals surface area contributed by atoms with Crippen molar-refractivity contribution in [2.75, 3.05) is 18.0 Å². The van der Waals surface area contributed by atoms with E-state index >= 15 is 0 Å². The molecule has 0 atom stereocenters. The van der Waals surface area contributed by atoms with Gasteiger partial charge in [-0.05, 0) is 37.5 Å². The molecule has 0 radical (unpaired) electrons. The highest BCUT2D eigenvalue weighted by Crippen LogP contribution is 2.30. The average Bonchev–Trinajstić information content (AvgIpc) is 3.14. The Labute approximate surface area is 140 Å². The van der Waals surface area contributed by atoms with Gasteiger partial charge in [-0.2, -0.15) is 0 Å². The number of hydrogen-bond acceptors (Lipinski definition) is 3. The SMILES string of the molecule is O=C(NCC1(O)CCCC1)c1ccc(Cl)cc1N1CCCC1=O. The molecule has 1 aromatic carbocycles. The van der Waals surface area contributed by atoms with Crippen molar-refractivity contribution in [2.24, 2.45) is 0 Å². The van der Waals surface area contributed by atoms with Gasteiger partial charge in [-0.3, -0.25) is 9.59 Å². The fourth-order valence-electron chi connectivity index (χ4n) is 3.37. The molecule has 0 bridgehead atoms. The standard InChI is InChI=1S/C17H21ClN2O3/c18-12-5-6-13(14(10-12)20-9-3-4-15(20)21)16(22)19-11-17(23)7-1-2-8-17/h5-6,10,23H,1-4,7-9,11H2,(H,19,22). The van der Waals surface area contributed by atoms with Gasteiger partial charge in [0.15, 0.2) is 0 Å². The van der Waals surface area contributed by atoms with Gasteiger partial charge in [0.2, 0.25) is 5.91 Å². The van der Waals surface area contributed by atoms with Crippen molar-refractivity contribution in [3.8, 4) is 0 Å². The Hall–Kier alpha value is -1.59. The first kappa shape index (κ1) is 16.3. The first-order chi connectivity index (χ1) is 11.0. The van der Waals surface area contributed by atoms with Crippen molar-refractivity contribution < 1.29 is 14.7 Å². The van der Waals surface area contributed by atoms with Gasteiger partial charge < -0.3 is 15.3 Å². The van der Waals surface area contributed by atoms with E-state index in [2.05, 4.69) is 5.32 Å². The predicted molar refractivity (Wildman–Crippen MR) is 88.8 cm³/mol. The maximum Gasteiger partial charge on any atom is 0.253 e. The maximum atomic E-state index is 12.5. The molecule has 2 amide bonds. The van der Waals surface area contributed by atoms with E-state index in [1.807, 2.05) is 0 Å². The van der Waals surface area contributed by atoms with Gasteiger partial charge in [-0.15, -0.1) is 0 Å². The molecule has 2 fully saturated rings. The van der Waals surface area contributed by atoms with Crippen molar-refractivity contribution in [1.29, 1.82) is 0 Å². The quantitative estimate of drug-likeness (QED) is 0.887. The molecular weight excluding hydrogens is 316 g/mol. The molecule has 3 rings (SSSR count). The predicted octanol–water partition coefficient (Wildman–Crippen LogP) is 2.50. The number of anilines is 1. The normalized spacial score (nSPS) is 20.1. The minimum absolute atomic E-state index is 0.00994. The number of nitrogens with zero attached hydrogens (tertiary/aromatic N) is 1. The summed E-state index contributed by atoms with van der Waals surface area (Å²) in [6.45, 7) is 0.839. The minimum atomic E-state index is -0.800. The Balaban J connectivity index is 1.78. The Morgan fingerprint density at radius 1 is 1.30 bits per heavy atom. The zero-order valence-electron chi connectivity index (χ0n) is 13.0. The lowest BCUT2D eigenvalue weighted by molar-refractivity contribution is -0.117. The smallest absolute Gasteiger partial charge is 0.253 e. The molecule has 1 aliphatic carbocycles. The number of rotatable bonds is 4. The van der Waals surface area contributed by atoms with Gasteiger partial charge in [-0.1, -0.05) is 24.4 Å². The molecule has 1 saturated carbocycles. The maximum absolute atomic E-state index is 12.5. The topological polar surface area (TPSA) is 69.6 Å². The van der Waals surface area contributed by atoms with E-state index in [1.165, 1.54) is 0 Å². The third-order valence-electron chi connectivity index (χ3n) is 4.68. The summed E-state index contributed by atoms with van der Waals surface area (Å²) in [7, 11) is 0. The van der Waals surface area contributed by atoms with E-state index in [0.29, 0.717) is 42.1 Å². The first-order valence-corrected chi connectivity index (χ1v) is 8.47. The molecule has 1 aliphatic heterocycles. The van der Waals surface area contributed by atoms with Gasteiger partial charge in [0, 0.05) is 24.5 Å². The molecule has 23 heavy (non-hydrogen) atoms. The highest BCUT2D eigenvalue weighted by molar-refractivity contribution is 6.31. The zero-order chi connectivity index (χ0) is 16.4. The molecule has 0 unspecified atom stereocenters. The Morgan fingerprint density at radius 3 is 2.70 bits per heavy atom. The molecule has 5 nitrogen and oxygen atoms in total. The number of hydrogen-bond donors (Lipinski definition) is 2. The molecule has 2 aliphatic rings. The van der Waals surface area contributed by atoms with Crippen molar-refractivity contribution in [3.63, 3.8) is 0 Å². The number of carbonyl (C=O) groups excluding carboxylic acids is 2. The summed E-state index contributed by atoms with van der Waals surface area (Å²) in [5.41, 5.74) is 0.174. The van der Waals surface area contributed by atoms with Crippen molar-refractivity contribution >= 4 is 29.1 Å². The molecule has 2 N–H and O–H groups in total. The van der Waals surface area contributed by atoms with Crippen LogP contribution in [0.4, 0.5) is 5.69 Å². The fourth-order valence-corrected chi connectivity index (χ4v) is 3.54. The Morgan fingerprint density at radius 2 is 2.04 bits per heavy atom. The Kier molecular flexibility index (Phi) is 4.60. The molecule has 0 spiro atoms. The Bertz CT molecular complexity index is 626. The summed E-state index contributed by atoms with van der Waals surface area (Å²) >= 11 is 6.04. The van der Waals surface area contributed by atoms with Crippen LogP contribution in [-0.2, 0) is 4.79 Å². The van der Waals surface area contributed by atoms with E-state index < -0.39 is 5.60 Å². The number of nitrogens with one attached hydrogen (secondary N) is 1. The van der Waals surface area contributed by atoms with E-state index in [9.17, 15) is 14.7 Å². The van der Waals surface area contributed by atoms with E-state index in [-0.39, 0.29) is 18.4 Å². The number of amides is 2. The van der Waals surface area contributed by atoms with Gasteiger partial charge in [0.1, 0.15) is 0 Å². The van der Waals surface area contributed by atoms with Crippen LogP contribution in [0.15, 0.2) is 18.2 Å². The average molecular weight is 337 g/mol. The van der Waals surface area contributed by atoms with Crippen molar-refractivity contribution in [2.45, 2.75) is 44.1 Å². The molecule has 1 aromatic rings. The highest BCUT2D eigenvalue weighted by Gasteiger charge is 2.32. The highest BCUT2D eigenvalue weighted by atomic mass is 35.5. The fraction of sp³-hybridized carbons (Fsp3) is 0.529. The van der Waals surface area contributed by atoms with Gasteiger partial charge in [-0.25, -0.2) is 0 Å². The molecule has 1 heterocycles. The third kappa shape index (κ3) is 3.51. The van der Waals surface area contributed by atoms with E-state index in [0.717, 1.165) is 19.3 Å². The van der Waals surface area contributed by atoms with Gasteiger partial charge >= 0.3 is 0 Å². The number of aliphatic hydroxyl groups is 1. The number of benzene rings is 1. The lowest BCUT2D eigenvalue weighted by Gasteiger charge is -2.24. The van der Waals surface area contributed by atoms with Crippen LogP contribution in [0.2, 0.25) is 5.02 Å². The van der Waals surface area contributed by atoms with Crippen LogP contribution in [0.3, 0.4) is 0 Å². The molecular formula is C17H21ClN2O3. The molecule has 6 heteroatoms. The van der Waals surface area contributed by atoms with Crippen molar-refractivity contribution in [3.05, 3.63) is 28.8 Å². The first-order valence-electron chi connectivity index (χ1n) is 8.09. The summed E-state index contributed by atoms with van der Waals surface area (Å²) < 4.78 is 0. The number of halogens is 1. The van der Waals surface area contributed by atoms with Crippen LogP contribution in [0.5, 0.6) is 0 Å². The molecule has 0 aromatic heterocycles. The van der Waals surface area contributed by atoms with Crippen LogP contribution in [0.25, 0.3) is 0 Å². The van der Waals surface area contributed by atoms with Gasteiger partial charge in [0.25, 0.3) is 5.91 Å². The monoisotopic (exact) mass is 336 g/mol. The van der Waals surface area contributed by atoms with E-state index in [1.54, 1.807) is 23.1 Å². The lowest BCUT2D eigenvalue weighted by Crippen LogP contribution is -2.41. The minimum Gasteiger partial charge on any atom is -0.388 e. The molecule has 124 valence electrons. The summed E-state index contributed by atoms with van der Waals surface area (Å²) in [6, 6.07) is 4.94. The van der Waals surface area contributed by atoms with Crippen molar-refractivity contribution in [1.82, 2.24) is 5.32 Å². The third-order valence-corrected chi connectivity index (χ3v) is 4.92. The summed E-state index contributed by atoms with van der Waals surface area (Å²) in [4.78, 5) is 26.1. The summed E-state index contributed by atoms with van der Waals surface area (Å²) in [6.07, 6.45) is 4.68. The van der Waals surface area contributed by atoms with Crippen LogP contribution in [0, 0.1) is 0 Å². The largest absolute Gasteiger partial charge is 0.388 e. The zero-order valence-corrected chi connectivity index (χ0v) is 13.7. The number of carbonyl (C=O) groups is 2. The molecule has 1 saturated heterocycles. The summed E-state index contributed by atoms with van der Waals surface area (Å²) in [5.74, 6) is -0.271. The van der Waals surface area contributed by atoms with Gasteiger partial charge in [0.05, 0.1) is 16.9 Å². The van der Waals surface area contributed by atoms with Crippen LogP contribution in [0.1, 0.15) is 48.9 Å². The van der Waals surface area contributed by atoms with Crippen LogP contribution < -0.4 is 10.2 Å². The second kappa shape index (κ2) is 6.49.